The molecule has 0 atom stereocenters. The van der Waals surface area contributed by atoms with E-state index in [1.165, 1.54) is 21.1 Å². The van der Waals surface area contributed by atoms with Gasteiger partial charge in [0.15, 0.2) is 0 Å². The lowest BCUT2D eigenvalue weighted by Crippen LogP contribution is -3.00. The molecular weight excluding hydrogens is 624 g/mol. The van der Waals surface area contributed by atoms with E-state index in [2.05, 4.69) is 0 Å². The number of hydrogen-bond donors (Lipinski definition) is 1. The van der Waals surface area contributed by atoms with Crippen LogP contribution in [0.15, 0.2) is 0 Å². The molecule has 0 saturated heterocycles. The van der Waals surface area contributed by atoms with E-state index in [1.54, 1.807) is 0 Å². The first kappa shape index (κ1) is 34.3. The van der Waals surface area contributed by atoms with Crippen LogP contribution in [0.5, 0.6) is 0 Å². The summed E-state index contributed by atoms with van der Waals surface area (Å²) in [5.74, 6) is -51.2. The molecule has 0 aliphatic heterocycles. The summed E-state index contributed by atoms with van der Waals surface area (Å²) in [6.45, 7) is -0.862. The fraction of sp³-hybridized carbons (Fsp3) is 0.929. The Balaban J connectivity index is 0. The number of amides is 1. The third-order valence-electron chi connectivity index (χ3n) is 3.90. The van der Waals surface area contributed by atoms with Gasteiger partial charge in [-0.05, 0) is 0 Å². The number of quaternary nitrogens is 1. The molecule has 0 aliphatic rings. The van der Waals surface area contributed by atoms with Crippen LogP contribution in [-0.4, -0.2) is 86.3 Å². The highest BCUT2D eigenvalue weighted by Gasteiger charge is 2.94. The van der Waals surface area contributed by atoms with Crippen molar-refractivity contribution in [1.29, 1.82) is 0 Å². The van der Waals surface area contributed by atoms with E-state index in [4.69, 9.17) is 0 Å². The number of alkyl halides is 15. The van der Waals surface area contributed by atoms with Gasteiger partial charge in [0, 0.05) is 13.0 Å². The van der Waals surface area contributed by atoms with Gasteiger partial charge < -0.3 is 33.8 Å². The van der Waals surface area contributed by atoms with Crippen molar-refractivity contribution in [2.75, 3.05) is 34.2 Å². The normalized spacial score (nSPS) is 15.2. The molecule has 0 radical (unpaired) electrons. The third-order valence-corrected chi connectivity index (χ3v) is 3.90. The summed E-state index contributed by atoms with van der Waals surface area (Å²) >= 11 is 0. The predicted molar refractivity (Wildman–Crippen MR) is 76.3 cm³/mol. The summed E-state index contributed by atoms with van der Waals surface area (Å²) in [6.07, 6.45) is -7.93. The zero-order valence-corrected chi connectivity index (χ0v) is 18.7. The van der Waals surface area contributed by atoms with E-state index >= 15 is 0 Å². The van der Waals surface area contributed by atoms with Crippen molar-refractivity contribution in [3.8, 4) is 0 Å². The molecule has 0 aromatic rings. The van der Waals surface area contributed by atoms with Gasteiger partial charge in [0.2, 0.25) is 0 Å². The number of rotatable bonds is 10. The van der Waals surface area contributed by atoms with E-state index in [-0.39, 0.29) is 41.4 Å². The fourth-order valence-corrected chi connectivity index (χ4v) is 1.98. The Labute approximate surface area is 193 Å². The minimum absolute atomic E-state index is 0. The van der Waals surface area contributed by atoms with Gasteiger partial charge in [-0.2, -0.15) is 65.9 Å². The van der Waals surface area contributed by atoms with Gasteiger partial charge in [-0.1, -0.05) is 0 Å². The molecule has 0 aromatic carbocycles. The van der Waals surface area contributed by atoms with Crippen molar-refractivity contribution in [3.63, 3.8) is 0 Å². The molecule has 0 fully saturated rings. The van der Waals surface area contributed by atoms with Gasteiger partial charge >= 0.3 is 41.7 Å². The van der Waals surface area contributed by atoms with E-state index in [0.717, 1.165) is 5.32 Å². The van der Waals surface area contributed by atoms with Crippen LogP contribution in [0.25, 0.3) is 0 Å². The second-order valence-electron chi connectivity index (χ2n) is 7.57. The second-order valence-corrected chi connectivity index (χ2v) is 7.57. The lowest BCUT2D eigenvalue weighted by Gasteiger charge is -2.41. The summed E-state index contributed by atoms with van der Waals surface area (Å²) in [7, 11) is 4.60. The van der Waals surface area contributed by atoms with Crippen LogP contribution in [0.1, 0.15) is 6.42 Å². The van der Waals surface area contributed by atoms with Crippen LogP contribution in [0.3, 0.4) is 0 Å². The Hall–Kier alpha value is -0.890. The van der Waals surface area contributed by atoms with E-state index in [0.29, 0.717) is 0 Å². The molecule has 3 nitrogen and oxygen atoms in total. The highest BCUT2D eigenvalue weighted by Crippen LogP contribution is 2.62. The number of hydrogen-bond acceptors (Lipinski definition) is 1. The molecule has 1 amide bonds. The van der Waals surface area contributed by atoms with E-state index < -0.39 is 54.2 Å². The molecular formula is C14H16F15IN2O. The Bertz CT molecular complexity index is 685. The van der Waals surface area contributed by atoms with Crippen LogP contribution in [-0.2, 0) is 4.79 Å². The molecule has 0 aliphatic carbocycles. The first-order valence-corrected chi connectivity index (χ1v) is 8.05. The highest BCUT2D eigenvalue weighted by molar-refractivity contribution is 5.84. The van der Waals surface area contributed by atoms with E-state index in [9.17, 15) is 70.7 Å². The Morgan fingerprint density at radius 2 is 0.970 bits per heavy atom. The number of nitrogens with zero attached hydrogens (tertiary/aromatic N) is 1. The number of nitrogens with one attached hydrogen (secondary N) is 1. The van der Waals surface area contributed by atoms with Gasteiger partial charge in [-0.25, -0.2) is 0 Å². The van der Waals surface area contributed by atoms with Crippen LogP contribution >= 0.6 is 0 Å². The molecule has 0 spiro atoms. The zero-order valence-electron chi connectivity index (χ0n) is 16.5. The van der Waals surface area contributed by atoms with Crippen molar-refractivity contribution in [2.24, 2.45) is 0 Å². The van der Waals surface area contributed by atoms with Gasteiger partial charge in [0.25, 0.3) is 5.91 Å². The topological polar surface area (TPSA) is 29.1 Å². The summed E-state index contributed by atoms with van der Waals surface area (Å²) in [5.41, 5.74) is 0. The van der Waals surface area contributed by atoms with Crippen LogP contribution < -0.4 is 29.3 Å². The van der Waals surface area contributed by atoms with Crippen LogP contribution in [0.4, 0.5) is 65.9 Å². The third kappa shape index (κ3) is 5.85. The van der Waals surface area contributed by atoms with Crippen LogP contribution in [0, 0.1) is 0 Å². The average molecular weight is 640 g/mol. The van der Waals surface area contributed by atoms with Crippen molar-refractivity contribution in [2.45, 2.75) is 48.1 Å². The smallest absolute Gasteiger partial charge is 0.460 e. The highest BCUT2D eigenvalue weighted by atomic mass is 127. The van der Waals surface area contributed by atoms with Gasteiger partial charge in [0.05, 0.1) is 27.7 Å². The molecule has 0 unspecified atom stereocenters. The Kier molecular flexibility index (Phi) is 10.0. The first-order chi connectivity index (χ1) is 13.6. The maximum absolute atomic E-state index is 13.6. The molecule has 1 N–H and O–H groups in total. The first-order valence-electron chi connectivity index (χ1n) is 8.05. The van der Waals surface area contributed by atoms with Crippen molar-refractivity contribution < 1.29 is 99.1 Å². The minimum atomic E-state index is -8.41. The molecule has 0 aromatic heterocycles. The molecule has 33 heavy (non-hydrogen) atoms. The van der Waals surface area contributed by atoms with Gasteiger partial charge in [-0.15, -0.1) is 0 Å². The number of halogens is 16. The largest absolute Gasteiger partial charge is 1.00 e. The van der Waals surface area contributed by atoms with Gasteiger partial charge in [0.1, 0.15) is 0 Å². The summed E-state index contributed by atoms with van der Waals surface area (Å²) in [6, 6.07) is 0. The molecule has 200 valence electrons. The average Bonchev–Trinajstić information content (AvgIpc) is 2.55. The van der Waals surface area contributed by atoms with Crippen molar-refractivity contribution in [1.82, 2.24) is 5.32 Å². The second kappa shape index (κ2) is 9.63. The SMILES string of the molecule is C[N+](C)(C)CCCNC(=O)C(F)(F)C(F)(F)C(F)(F)C(F)(F)C(F)(F)C(F)(F)C(F)(F)F.[I-]. The zero-order chi connectivity index (χ0) is 26.4. The van der Waals surface area contributed by atoms with Crippen molar-refractivity contribution in [3.05, 3.63) is 0 Å². The lowest BCUT2D eigenvalue weighted by molar-refractivity contribution is -0.870. The van der Waals surface area contributed by atoms with Gasteiger partial charge in [-0.3, -0.25) is 4.79 Å². The monoisotopic (exact) mass is 640 g/mol. The number of carbonyl (C=O) groups excluding carboxylic acids is 1. The summed E-state index contributed by atoms with van der Waals surface area (Å²) < 4.78 is 195. The number of carbonyl (C=O) groups is 1. The minimum Gasteiger partial charge on any atom is -1.00 e. The molecule has 0 saturated carbocycles. The summed E-state index contributed by atoms with van der Waals surface area (Å²) in [5, 5.41) is 0.946. The van der Waals surface area contributed by atoms with Crippen molar-refractivity contribution >= 4 is 5.91 Å². The maximum atomic E-state index is 13.6. The Morgan fingerprint density at radius 1 is 0.636 bits per heavy atom. The molecule has 0 heterocycles. The summed E-state index contributed by atoms with van der Waals surface area (Å²) in [4.78, 5) is 11.2. The molecule has 0 rings (SSSR count). The predicted octanol–water partition coefficient (Wildman–Crippen LogP) is 1.58. The van der Waals surface area contributed by atoms with E-state index in [1.807, 2.05) is 0 Å². The quantitative estimate of drug-likeness (QED) is 0.167. The molecule has 19 heteroatoms. The molecule has 0 bridgehead atoms. The fourth-order valence-electron chi connectivity index (χ4n) is 1.98. The van der Waals surface area contributed by atoms with Crippen LogP contribution in [0.2, 0.25) is 0 Å². The maximum Gasteiger partial charge on any atom is 0.460 e. The lowest BCUT2D eigenvalue weighted by atomic mass is 9.91. The Morgan fingerprint density at radius 3 is 1.30 bits per heavy atom. The standard InChI is InChI=1S/C14H15F15N2O.HI/c1-31(2,3)6-4-5-30-7(32)8(15,16)9(17,18)10(19,20)11(21,22)12(23,24)13(25,26)14(27,28)29;/h4-6H2,1-3H3;1H.